The number of nitrogens with one attached hydrogen (secondary N) is 1. The molecule has 2 amide bonds. The zero-order chi connectivity index (χ0) is 24.6. The van der Waals surface area contributed by atoms with E-state index < -0.39 is 5.54 Å². The number of aromatic nitrogens is 2. The van der Waals surface area contributed by atoms with Crippen molar-refractivity contribution in [1.29, 1.82) is 0 Å². The van der Waals surface area contributed by atoms with Crippen molar-refractivity contribution >= 4 is 23.2 Å². The van der Waals surface area contributed by atoms with E-state index in [1.165, 1.54) is 28.4 Å². The van der Waals surface area contributed by atoms with Crippen LogP contribution in [0.3, 0.4) is 0 Å². The van der Waals surface area contributed by atoms with Crippen LogP contribution in [0, 0.1) is 12.7 Å². The number of hydrogen-bond acceptors (Lipinski definition) is 4. The van der Waals surface area contributed by atoms with Gasteiger partial charge in [-0.25, -0.2) is 4.39 Å². The van der Waals surface area contributed by atoms with Gasteiger partial charge in [0, 0.05) is 13.1 Å². The molecule has 0 aliphatic carbocycles. The second-order valence-corrected chi connectivity index (χ2v) is 9.96. The van der Waals surface area contributed by atoms with Gasteiger partial charge in [-0.3, -0.25) is 14.3 Å². The third kappa shape index (κ3) is 4.49. The zero-order valence-electron chi connectivity index (χ0n) is 19.5. The molecule has 0 saturated carbocycles. The average Bonchev–Trinajstić information content (AvgIpc) is 3.51. The summed E-state index contributed by atoms with van der Waals surface area (Å²) in [5, 5.41) is 9.59. The number of rotatable bonds is 6. The third-order valence-electron chi connectivity index (χ3n) is 6.36. The predicted molar refractivity (Wildman–Crippen MR) is 133 cm³/mol. The molecule has 178 valence electrons. The molecule has 1 atom stereocenters. The van der Waals surface area contributed by atoms with Gasteiger partial charge in [-0.2, -0.15) is 5.10 Å². The van der Waals surface area contributed by atoms with Gasteiger partial charge in [-0.15, -0.1) is 11.3 Å². The minimum Gasteiger partial charge on any atom is -0.350 e. The summed E-state index contributed by atoms with van der Waals surface area (Å²) in [6, 6.07) is 19.7. The monoisotopic (exact) mass is 488 g/mol. The summed E-state index contributed by atoms with van der Waals surface area (Å²) in [5.41, 5.74) is 2.60. The van der Waals surface area contributed by atoms with Crippen LogP contribution >= 0.6 is 11.3 Å². The Kier molecular flexibility index (Phi) is 5.98. The highest BCUT2D eigenvalue weighted by Crippen LogP contribution is 2.32. The Morgan fingerprint density at radius 3 is 2.63 bits per heavy atom. The highest BCUT2D eigenvalue weighted by molar-refractivity contribution is 7.13. The summed E-state index contributed by atoms with van der Waals surface area (Å²) in [4.78, 5) is 29.8. The fraction of sp³-hybridized carbons (Fsp3) is 0.222. The number of amides is 2. The molecule has 8 heteroatoms. The molecule has 0 bridgehead atoms. The molecule has 35 heavy (non-hydrogen) atoms. The topological polar surface area (TPSA) is 67.2 Å². The Bertz CT molecular complexity index is 1380. The van der Waals surface area contributed by atoms with E-state index in [1.807, 2.05) is 48.7 Å². The van der Waals surface area contributed by atoms with Crippen LogP contribution in [0.2, 0.25) is 0 Å². The predicted octanol–water partition coefficient (Wildman–Crippen LogP) is 4.79. The van der Waals surface area contributed by atoms with E-state index in [0.29, 0.717) is 23.5 Å². The maximum atomic E-state index is 13.9. The van der Waals surface area contributed by atoms with Gasteiger partial charge in [0.2, 0.25) is 5.91 Å². The molecule has 3 heterocycles. The Balaban J connectivity index is 1.48. The quantitative estimate of drug-likeness (QED) is 0.424. The van der Waals surface area contributed by atoms with Crippen molar-refractivity contribution in [1.82, 2.24) is 20.0 Å². The number of carbonyl (C=O) groups excluding carboxylic acids is 2. The van der Waals surface area contributed by atoms with Crippen molar-refractivity contribution in [2.24, 2.45) is 0 Å². The van der Waals surface area contributed by atoms with Crippen LogP contribution in [0.15, 0.2) is 72.1 Å². The van der Waals surface area contributed by atoms with Crippen molar-refractivity contribution in [2.75, 3.05) is 0 Å². The Hall–Kier alpha value is -3.78. The Morgan fingerprint density at radius 1 is 1.11 bits per heavy atom. The normalized spacial score (nSPS) is 17.3. The lowest BCUT2D eigenvalue weighted by Gasteiger charge is -2.43. The lowest BCUT2D eigenvalue weighted by atomic mass is 9.94. The molecular weight excluding hydrogens is 463 g/mol. The summed E-state index contributed by atoms with van der Waals surface area (Å²) < 4.78 is 15.5. The summed E-state index contributed by atoms with van der Waals surface area (Å²) in [5.74, 6) is -0.993. The number of fused-ring (bicyclic) bond motifs is 1. The van der Waals surface area contributed by atoms with Gasteiger partial charge in [-0.05, 0) is 54.6 Å². The number of aryl methyl sites for hydroxylation is 1. The molecule has 5 rings (SSSR count). The largest absolute Gasteiger partial charge is 0.350 e. The molecule has 0 radical (unpaired) electrons. The zero-order valence-corrected chi connectivity index (χ0v) is 20.3. The third-order valence-corrected chi connectivity index (χ3v) is 7.26. The summed E-state index contributed by atoms with van der Waals surface area (Å²) in [7, 11) is 0. The van der Waals surface area contributed by atoms with E-state index in [9.17, 15) is 14.0 Å². The van der Waals surface area contributed by atoms with Gasteiger partial charge in [-0.1, -0.05) is 48.0 Å². The summed E-state index contributed by atoms with van der Waals surface area (Å²) in [6.45, 7) is 4.37. The van der Waals surface area contributed by atoms with Crippen molar-refractivity contribution in [3.63, 3.8) is 0 Å². The van der Waals surface area contributed by atoms with Gasteiger partial charge < -0.3 is 10.2 Å². The van der Waals surface area contributed by atoms with Crippen LogP contribution in [0.1, 0.15) is 34.1 Å². The van der Waals surface area contributed by atoms with E-state index in [2.05, 4.69) is 10.4 Å². The van der Waals surface area contributed by atoms with E-state index in [4.69, 9.17) is 0 Å². The summed E-state index contributed by atoms with van der Waals surface area (Å²) >= 11 is 1.54. The maximum absolute atomic E-state index is 13.9. The van der Waals surface area contributed by atoms with Gasteiger partial charge in [0.15, 0.2) is 0 Å². The summed E-state index contributed by atoms with van der Waals surface area (Å²) in [6.07, 6.45) is 0. The second-order valence-electron chi connectivity index (χ2n) is 9.01. The number of carbonyl (C=O) groups is 2. The van der Waals surface area contributed by atoms with E-state index >= 15 is 0 Å². The molecule has 0 unspecified atom stereocenters. The number of halogens is 1. The Labute approximate surface area is 207 Å². The van der Waals surface area contributed by atoms with Crippen molar-refractivity contribution in [3.8, 4) is 10.6 Å². The molecule has 2 aromatic heterocycles. The molecule has 2 aromatic carbocycles. The number of thiophene rings is 1. The average molecular weight is 489 g/mol. The molecule has 0 saturated heterocycles. The van der Waals surface area contributed by atoms with Crippen molar-refractivity contribution in [2.45, 2.75) is 39.0 Å². The van der Waals surface area contributed by atoms with Gasteiger partial charge >= 0.3 is 0 Å². The van der Waals surface area contributed by atoms with Crippen LogP contribution < -0.4 is 5.32 Å². The lowest BCUT2D eigenvalue weighted by molar-refractivity contribution is -0.133. The van der Waals surface area contributed by atoms with Gasteiger partial charge in [0.05, 0.1) is 11.4 Å². The first-order valence-electron chi connectivity index (χ1n) is 11.4. The minimum atomic E-state index is -1.22. The molecule has 0 spiro atoms. The van der Waals surface area contributed by atoms with Crippen molar-refractivity contribution in [3.05, 3.63) is 100 Å². The highest BCUT2D eigenvalue weighted by atomic mass is 32.1. The Morgan fingerprint density at radius 2 is 1.91 bits per heavy atom. The SMILES string of the molecule is Cc1ccc(CNC(=O)[C@@]2(C)Cn3nc(-c4cccs4)cc3C(=O)N2Cc2cccc(F)c2)cc1. The first-order valence-corrected chi connectivity index (χ1v) is 12.2. The molecule has 1 aliphatic rings. The molecule has 4 aromatic rings. The van der Waals surface area contributed by atoms with Crippen LogP contribution in [-0.4, -0.2) is 32.0 Å². The molecule has 1 N–H and O–H groups in total. The molecular formula is C27H25FN4O2S. The highest BCUT2D eigenvalue weighted by Gasteiger charge is 2.48. The molecule has 1 aliphatic heterocycles. The maximum Gasteiger partial charge on any atom is 0.273 e. The van der Waals surface area contributed by atoms with E-state index in [-0.39, 0.29) is 30.7 Å². The van der Waals surface area contributed by atoms with E-state index in [1.54, 1.807) is 29.8 Å². The lowest BCUT2D eigenvalue weighted by Crippen LogP contribution is -2.63. The second kappa shape index (κ2) is 9.11. The fourth-order valence-electron chi connectivity index (χ4n) is 4.33. The van der Waals surface area contributed by atoms with Gasteiger partial charge in [0.25, 0.3) is 5.91 Å². The van der Waals surface area contributed by atoms with E-state index in [0.717, 1.165) is 16.0 Å². The fourth-order valence-corrected chi connectivity index (χ4v) is 5.01. The van der Waals surface area contributed by atoms with Crippen molar-refractivity contribution < 1.29 is 14.0 Å². The first kappa shape index (κ1) is 23.0. The smallest absolute Gasteiger partial charge is 0.273 e. The van der Waals surface area contributed by atoms with Gasteiger partial charge in [0.1, 0.15) is 22.7 Å². The number of benzene rings is 2. The van der Waals surface area contributed by atoms with Crippen LogP contribution in [0.25, 0.3) is 10.6 Å². The number of nitrogens with zero attached hydrogens (tertiary/aromatic N) is 3. The number of hydrogen-bond donors (Lipinski definition) is 1. The van der Waals surface area contributed by atoms with Crippen LogP contribution in [-0.2, 0) is 24.4 Å². The standard InChI is InChI=1S/C27H25FN4O2S/c1-18-8-10-19(11-9-18)15-29-26(34)27(2)17-32-23(14-22(30-32)24-7-4-12-35-24)25(33)31(27)16-20-5-3-6-21(28)13-20/h3-14H,15-17H2,1-2H3,(H,29,34)/t27-/m1/s1. The van der Waals surface area contributed by atoms with Crippen LogP contribution in [0.4, 0.5) is 4.39 Å². The first-order chi connectivity index (χ1) is 16.8. The molecule has 0 fully saturated rings. The van der Waals surface area contributed by atoms with Crippen LogP contribution in [0.5, 0.6) is 0 Å². The molecule has 6 nitrogen and oxygen atoms in total. The minimum absolute atomic E-state index is 0.102.